The molecule has 2 aliphatic rings. The molecule has 0 aromatic rings. The van der Waals surface area contributed by atoms with Gasteiger partial charge in [-0.15, -0.1) is 12.4 Å². The topological polar surface area (TPSA) is 26.0 Å². The lowest BCUT2D eigenvalue weighted by molar-refractivity contribution is 0.219. The molecule has 2 atom stereocenters. The zero-order chi connectivity index (χ0) is 6.27. The van der Waals surface area contributed by atoms with Crippen LogP contribution in [0.1, 0.15) is 25.7 Å². The number of nitrogens with two attached hydrogens (primary N) is 1. The zero-order valence-corrected chi connectivity index (χ0v) is 7.07. The van der Waals surface area contributed by atoms with E-state index in [-0.39, 0.29) is 12.4 Å². The summed E-state index contributed by atoms with van der Waals surface area (Å²) in [5, 5.41) is 0. The predicted molar refractivity (Wildman–Crippen MR) is 45.2 cm³/mol. The molecule has 0 spiro atoms. The van der Waals surface area contributed by atoms with Crippen molar-refractivity contribution in [3.05, 3.63) is 0 Å². The van der Waals surface area contributed by atoms with Crippen molar-refractivity contribution in [1.29, 1.82) is 0 Å². The highest BCUT2D eigenvalue weighted by molar-refractivity contribution is 5.85. The lowest BCUT2D eigenvalue weighted by atomic mass is 9.77. The fourth-order valence-corrected chi connectivity index (χ4v) is 2.40. The molecule has 10 heavy (non-hydrogen) atoms. The maximum atomic E-state index is 5.59. The molecule has 0 aliphatic heterocycles. The van der Waals surface area contributed by atoms with Gasteiger partial charge in [-0.25, -0.2) is 0 Å². The van der Waals surface area contributed by atoms with Crippen LogP contribution >= 0.6 is 12.4 Å². The van der Waals surface area contributed by atoms with Gasteiger partial charge in [0.05, 0.1) is 0 Å². The lowest BCUT2D eigenvalue weighted by Gasteiger charge is -2.29. The van der Waals surface area contributed by atoms with Gasteiger partial charge in [0, 0.05) is 0 Å². The molecule has 2 rings (SSSR count). The Morgan fingerprint density at radius 2 is 1.60 bits per heavy atom. The smallest absolute Gasteiger partial charge is 0.00487 e. The summed E-state index contributed by atoms with van der Waals surface area (Å²) in [5.41, 5.74) is 5.59. The summed E-state index contributed by atoms with van der Waals surface area (Å²) in [6, 6.07) is 0. The Labute approximate surface area is 68.8 Å². The summed E-state index contributed by atoms with van der Waals surface area (Å²) in [4.78, 5) is 0. The number of hydrogen-bond acceptors (Lipinski definition) is 1. The van der Waals surface area contributed by atoms with Gasteiger partial charge in [0.1, 0.15) is 0 Å². The average Bonchev–Trinajstić information content (AvgIpc) is 2.10. The molecule has 0 aromatic carbocycles. The molecule has 1 nitrogen and oxygen atoms in total. The SMILES string of the molecule is Cl.NCC1CC2CCC2C1. The molecule has 2 N–H and O–H groups in total. The van der Waals surface area contributed by atoms with E-state index in [0.29, 0.717) is 0 Å². The Kier molecular flexibility index (Phi) is 2.59. The van der Waals surface area contributed by atoms with E-state index in [1.54, 1.807) is 0 Å². The Bertz CT molecular complexity index is 104. The minimum Gasteiger partial charge on any atom is -0.330 e. The molecule has 2 heteroatoms. The van der Waals surface area contributed by atoms with Gasteiger partial charge in [0.2, 0.25) is 0 Å². The molecular formula is C8H16ClN. The summed E-state index contributed by atoms with van der Waals surface area (Å²) in [6.45, 7) is 0.938. The molecule has 0 bridgehead atoms. The van der Waals surface area contributed by atoms with Gasteiger partial charge in [-0.2, -0.15) is 0 Å². The first-order valence-corrected chi connectivity index (χ1v) is 4.10. The van der Waals surface area contributed by atoms with Crippen LogP contribution in [0, 0.1) is 17.8 Å². The number of halogens is 1. The van der Waals surface area contributed by atoms with Crippen molar-refractivity contribution < 1.29 is 0 Å². The van der Waals surface area contributed by atoms with Gasteiger partial charge in [0.15, 0.2) is 0 Å². The predicted octanol–water partition coefficient (Wildman–Crippen LogP) is 1.80. The van der Waals surface area contributed by atoms with Crippen LogP contribution in [0.4, 0.5) is 0 Å². The Hall–Kier alpha value is 0.250. The van der Waals surface area contributed by atoms with Crippen LogP contribution in [-0.2, 0) is 0 Å². The third-order valence-corrected chi connectivity index (χ3v) is 3.18. The van der Waals surface area contributed by atoms with Crippen LogP contribution < -0.4 is 5.73 Å². The molecule has 0 radical (unpaired) electrons. The van der Waals surface area contributed by atoms with Crippen molar-refractivity contribution in [1.82, 2.24) is 0 Å². The van der Waals surface area contributed by atoms with Gasteiger partial charge >= 0.3 is 0 Å². The first kappa shape index (κ1) is 8.35. The van der Waals surface area contributed by atoms with Gasteiger partial charge in [-0.1, -0.05) is 0 Å². The van der Waals surface area contributed by atoms with E-state index >= 15 is 0 Å². The second-order valence-corrected chi connectivity index (χ2v) is 3.67. The lowest BCUT2D eigenvalue weighted by Crippen LogP contribution is -2.18. The monoisotopic (exact) mass is 161 g/mol. The second-order valence-electron chi connectivity index (χ2n) is 3.67. The largest absolute Gasteiger partial charge is 0.330 e. The Morgan fingerprint density at radius 1 is 1.10 bits per heavy atom. The first-order valence-electron chi connectivity index (χ1n) is 4.10. The summed E-state index contributed by atoms with van der Waals surface area (Å²) in [6.07, 6.45) is 5.89. The molecule has 0 saturated heterocycles. The van der Waals surface area contributed by atoms with E-state index in [4.69, 9.17) is 5.73 Å². The van der Waals surface area contributed by atoms with Crippen molar-refractivity contribution in [2.75, 3.05) is 6.54 Å². The van der Waals surface area contributed by atoms with Crippen molar-refractivity contribution in [2.24, 2.45) is 23.5 Å². The van der Waals surface area contributed by atoms with Crippen molar-refractivity contribution in [2.45, 2.75) is 25.7 Å². The standard InChI is InChI=1S/C8H15N.ClH/c9-5-6-3-7-1-2-8(7)4-6;/h6-8H,1-5,9H2;1H. The van der Waals surface area contributed by atoms with Crippen LogP contribution in [0.25, 0.3) is 0 Å². The van der Waals surface area contributed by atoms with Gasteiger partial charge in [0.25, 0.3) is 0 Å². The Balaban J connectivity index is 0.000000500. The molecule has 2 fully saturated rings. The summed E-state index contributed by atoms with van der Waals surface area (Å²) in [7, 11) is 0. The van der Waals surface area contributed by atoms with Gasteiger partial charge in [-0.3, -0.25) is 0 Å². The molecule has 0 heterocycles. The van der Waals surface area contributed by atoms with Gasteiger partial charge < -0.3 is 5.73 Å². The maximum Gasteiger partial charge on any atom is -0.00487 e. The van der Waals surface area contributed by atoms with Crippen LogP contribution in [0.5, 0.6) is 0 Å². The molecule has 0 amide bonds. The quantitative estimate of drug-likeness (QED) is 0.624. The summed E-state index contributed by atoms with van der Waals surface area (Å²) >= 11 is 0. The Morgan fingerprint density at radius 3 is 1.90 bits per heavy atom. The first-order chi connectivity index (χ1) is 4.40. The minimum absolute atomic E-state index is 0. The van der Waals surface area contributed by atoms with E-state index in [1.165, 1.54) is 25.7 Å². The number of rotatable bonds is 1. The summed E-state index contributed by atoms with van der Waals surface area (Å²) < 4.78 is 0. The van der Waals surface area contributed by atoms with Crippen LogP contribution in [0.15, 0.2) is 0 Å². The van der Waals surface area contributed by atoms with Gasteiger partial charge in [-0.05, 0) is 50.0 Å². The van der Waals surface area contributed by atoms with E-state index in [0.717, 1.165) is 24.3 Å². The van der Waals surface area contributed by atoms with Crippen molar-refractivity contribution in [3.8, 4) is 0 Å². The second kappa shape index (κ2) is 3.10. The zero-order valence-electron chi connectivity index (χ0n) is 6.25. The molecule has 2 saturated carbocycles. The van der Waals surface area contributed by atoms with Crippen molar-refractivity contribution in [3.63, 3.8) is 0 Å². The highest BCUT2D eigenvalue weighted by atomic mass is 35.5. The van der Waals surface area contributed by atoms with E-state index in [2.05, 4.69) is 0 Å². The van der Waals surface area contributed by atoms with Crippen LogP contribution in [-0.4, -0.2) is 6.54 Å². The third kappa shape index (κ3) is 1.17. The van der Waals surface area contributed by atoms with Crippen LogP contribution in [0.2, 0.25) is 0 Å². The average molecular weight is 162 g/mol. The van der Waals surface area contributed by atoms with E-state index in [1.807, 2.05) is 0 Å². The molecule has 60 valence electrons. The molecular weight excluding hydrogens is 146 g/mol. The fourth-order valence-electron chi connectivity index (χ4n) is 2.40. The summed E-state index contributed by atoms with van der Waals surface area (Å²) in [5.74, 6) is 3.08. The fraction of sp³-hybridized carbons (Fsp3) is 1.00. The highest BCUT2D eigenvalue weighted by Crippen LogP contribution is 2.48. The number of fused-ring (bicyclic) bond motifs is 1. The molecule has 2 unspecified atom stereocenters. The maximum absolute atomic E-state index is 5.59. The number of hydrogen-bond donors (Lipinski definition) is 1. The normalized spacial score (nSPS) is 43.5. The van der Waals surface area contributed by atoms with E-state index in [9.17, 15) is 0 Å². The third-order valence-electron chi connectivity index (χ3n) is 3.18. The van der Waals surface area contributed by atoms with Crippen molar-refractivity contribution >= 4 is 12.4 Å². The van der Waals surface area contributed by atoms with Crippen LogP contribution in [0.3, 0.4) is 0 Å². The molecule has 0 aromatic heterocycles. The minimum atomic E-state index is 0. The highest BCUT2D eigenvalue weighted by Gasteiger charge is 2.39. The molecule has 2 aliphatic carbocycles. The van der Waals surface area contributed by atoms with E-state index < -0.39 is 0 Å².